The second kappa shape index (κ2) is 8.20. The van der Waals surface area contributed by atoms with Gasteiger partial charge in [0.25, 0.3) is 5.95 Å². The van der Waals surface area contributed by atoms with Crippen molar-refractivity contribution < 1.29 is 9.53 Å². The molecule has 8 nitrogen and oxygen atoms in total. The summed E-state index contributed by atoms with van der Waals surface area (Å²) in [7, 11) is 3.36. The number of methoxy groups -OCH3 is 1. The second-order valence-electron chi connectivity index (χ2n) is 5.75. The molecule has 2 heterocycles. The summed E-state index contributed by atoms with van der Waals surface area (Å²) in [4.78, 5) is 23.0. The van der Waals surface area contributed by atoms with E-state index in [0.717, 1.165) is 15.7 Å². The molecule has 1 saturated heterocycles. The van der Waals surface area contributed by atoms with E-state index in [2.05, 4.69) is 20.6 Å². The third-order valence-electron chi connectivity index (χ3n) is 4.21. The van der Waals surface area contributed by atoms with E-state index >= 15 is 0 Å². The minimum atomic E-state index is -0.366. The van der Waals surface area contributed by atoms with Gasteiger partial charge in [-0.3, -0.25) is 0 Å². The average molecular weight is 377 g/mol. The zero-order chi connectivity index (χ0) is 18.5. The van der Waals surface area contributed by atoms with Gasteiger partial charge in [0.2, 0.25) is 0 Å². The maximum atomic E-state index is 13.0. The molecule has 0 spiro atoms. The molecule has 2 aromatic rings. The first-order valence-corrected chi connectivity index (χ1v) is 8.60. The van der Waals surface area contributed by atoms with Crippen LogP contribution in [0.15, 0.2) is 36.5 Å². The van der Waals surface area contributed by atoms with Gasteiger partial charge in [0, 0.05) is 44.7 Å². The van der Waals surface area contributed by atoms with Gasteiger partial charge >= 0.3 is 6.03 Å². The molecule has 1 unspecified atom stereocenters. The SMILES string of the molecule is CNc1ccnc(N(Cl)C(=O)N2CCNCC2c2cccc(OC)c2)n1. The number of ether oxygens (including phenoxy) is 1. The largest absolute Gasteiger partial charge is 0.497 e. The van der Waals surface area contributed by atoms with Crippen molar-refractivity contribution in [3.05, 3.63) is 42.1 Å². The van der Waals surface area contributed by atoms with Gasteiger partial charge < -0.3 is 20.3 Å². The lowest BCUT2D eigenvalue weighted by atomic mass is 10.0. The van der Waals surface area contributed by atoms with Gasteiger partial charge in [-0.05, 0) is 23.8 Å². The van der Waals surface area contributed by atoms with Crippen LogP contribution in [0.4, 0.5) is 16.6 Å². The van der Waals surface area contributed by atoms with Gasteiger partial charge in [-0.1, -0.05) is 12.1 Å². The molecule has 9 heteroatoms. The van der Waals surface area contributed by atoms with E-state index in [1.165, 1.54) is 0 Å². The van der Waals surface area contributed by atoms with Crippen LogP contribution in [0, 0.1) is 0 Å². The van der Waals surface area contributed by atoms with E-state index in [9.17, 15) is 4.79 Å². The Hall–Kier alpha value is -2.58. The molecule has 2 amide bonds. The fourth-order valence-corrected chi connectivity index (χ4v) is 3.04. The Bertz CT molecular complexity index is 774. The maximum absolute atomic E-state index is 13.0. The summed E-state index contributed by atoms with van der Waals surface area (Å²) in [5.41, 5.74) is 0.972. The van der Waals surface area contributed by atoms with Crippen molar-refractivity contribution in [2.24, 2.45) is 0 Å². The molecular weight excluding hydrogens is 356 g/mol. The lowest BCUT2D eigenvalue weighted by molar-refractivity contribution is 0.168. The van der Waals surface area contributed by atoms with Crippen molar-refractivity contribution in [3.8, 4) is 5.75 Å². The number of halogens is 1. The smallest absolute Gasteiger partial charge is 0.342 e. The number of carbonyl (C=O) groups excluding carboxylic acids is 1. The number of amides is 2. The van der Waals surface area contributed by atoms with Crippen LogP contribution in [-0.4, -0.2) is 54.7 Å². The molecule has 1 aromatic heterocycles. The molecule has 1 aliphatic rings. The highest BCUT2D eigenvalue weighted by Gasteiger charge is 2.32. The molecule has 0 bridgehead atoms. The Labute approximate surface area is 157 Å². The molecule has 1 aromatic carbocycles. The first-order chi connectivity index (χ1) is 12.6. The zero-order valence-electron chi connectivity index (χ0n) is 14.6. The van der Waals surface area contributed by atoms with Crippen molar-refractivity contribution >= 4 is 29.6 Å². The van der Waals surface area contributed by atoms with Crippen molar-refractivity contribution in [2.75, 3.05) is 43.5 Å². The number of carbonyl (C=O) groups is 1. The maximum Gasteiger partial charge on any atom is 0.342 e. The quantitative estimate of drug-likeness (QED) is 0.796. The number of nitrogens with one attached hydrogen (secondary N) is 2. The summed E-state index contributed by atoms with van der Waals surface area (Å²) < 4.78 is 6.25. The molecule has 138 valence electrons. The van der Waals surface area contributed by atoms with Gasteiger partial charge in [0.05, 0.1) is 13.2 Å². The molecule has 2 N–H and O–H groups in total. The zero-order valence-corrected chi connectivity index (χ0v) is 15.4. The first kappa shape index (κ1) is 18.2. The van der Waals surface area contributed by atoms with E-state index in [1.54, 1.807) is 31.3 Å². The highest BCUT2D eigenvalue weighted by Crippen LogP contribution is 2.27. The third-order valence-corrected chi connectivity index (χ3v) is 4.51. The number of urea groups is 1. The Morgan fingerprint density at radius 2 is 2.31 bits per heavy atom. The topological polar surface area (TPSA) is 82.6 Å². The predicted molar refractivity (Wildman–Crippen MR) is 101 cm³/mol. The van der Waals surface area contributed by atoms with E-state index in [-0.39, 0.29) is 18.0 Å². The predicted octanol–water partition coefficient (Wildman–Crippen LogP) is 2.25. The Morgan fingerprint density at radius 1 is 1.46 bits per heavy atom. The van der Waals surface area contributed by atoms with E-state index in [1.807, 2.05) is 24.3 Å². The van der Waals surface area contributed by atoms with Crippen molar-refractivity contribution in [2.45, 2.75) is 6.04 Å². The highest BCUT2D eigenvalue weighted by molar-refractivity contribution is 6.35. The van der Waals surface area contributed by atoms with Gasteiger partial charge in [-0.15, -0.1) is 0 Å². The minimum Gasteiger partial charge on any atom is -0.497 e. The number of hydrogen-bond acceptors (Lipinski definition) is 6. The molecule has 1 fully saturated rings. The number of nitrogens with zero attached hydrogens (tertiary/aromatic N) is 4. The van der Waals surface area contributed by atoms with E-state index in [0.29, 0.717) is 25.5 Å². The number of rotatable bonds is 4. The van der Waals surface area contributed by atoms with Crippen LogP contribution >= 0.6 is 11.8 Å². The van der Waals surface area contributed by atoms with Crippen LogP contribution in [0.1, 0.15) is 11.6 Å². The number of aromatic nitrogens is 2. The molecule has 1 aliphatic heterocycles. The molecule has 0 radical (unpaired) electrons. The molecule has 26 heavy (non-hydrogen) atoms. The second-order valence-corrected chi connectivity index (χ2v) is 6.08. The van der Waals surface area contributed by atoms with Crippen LogP contribution < -0.4 is 19.8 Å². The van der Waals surface area contributed by atoms with Gasteiger partial charge in [-0.25, -0.2) is 9.78 Å². The number of benzene rings is 1. The summed E-state index contributed by atoms with van der Waals surface area (Å²) >= 11 is 6.27. The van der Waals surface area contributed by atoms with Gasteiger partial charge in [0.1, 0.15) is 11.6 Å². The molecule has 0 aliphatic carbocycles. The highest BCUT2D eigenvalue weighted by atomic mass is 35.5. The summed E-state index contributed by atoms with van der Waals surface area (Å²) in [6.45, 7) is 1.84. The fourth-order valence-electron chi connectivity index (χ4n) is 2.86. The van der Waals surface area contributed by atoms with Crippen LogP contribution in [0.25, 0.3) is 0 Å². The molecule has 3 rings (SSSR count). The first-order valence-electron chi connectivity index (χ1n) is 8.26. The number of piperazine rings is 1. The number of anilines is 2. The van der Waals surface area contributed by atoms with Gasteiger partial charge in [-0.2, -0.15) is 9.40 Å². The van der Waals surface area contributed by atoms with Crippen LogP contribution in [-0.2, 0) is 0 Å². The minimum absolute atomic E-state index is 0.131. The summed E-state index contributed by atoms with van der Waals surface area (Å²) in [6, 6.07) is 8.84. The van der Waals surface area contributed by atoms with Crippen LogP contribution in [0.2, 0.25) is 0 Å². The summed E-state index contributed by atoms with van der Waals surface area (Å²) in [6.07, 6.45) is 1.55. The molecule has 0 saturated carbocycles. The lowest BCUT2D eigenvalue weighted by Crippen LogP contribution is -2.51. The Morgan fingerprint density at radius 3 is 3.08 bits per heavy atom. The van der Waals surface area contributed by atoms with Crippen LogP contribution in [0.3, 0.4) is 0 Å². The Balaban J connectivity index is 1.85. The fraction of sp³-hybridized carbons (Fsp3) is 0.353. The summed E-state index contributed by atoms with van der Waals surface area (Å²) in [5.74, 6) is 1.46. The van der Waals surface area contributed by atoms with Gasteiger partial charge in [0.15, 0.2) is 0 Å². The average Bonchev–Trinajstić information content (AvgIpc) is 2.72. The van der Waals surface area contributed by atoms with E-state index < -0.39 is 0 Å². The van der Waals surface area contributed by atoms with Crippen molar-refractivity contribution in [1.29, 1.82) is 0 Å². The molecule has 1 atom stereocenters. The van der Waals surface area contributed by atoms with Crippen molar-refractivity contribution in [3.63, 3.8) is 0 Å². The third kappa shape index (κ3) is 3.81. The monoisotopic (exact) mass is 376 g/mol. The normalized spacial score (nSPS) is 16.9. The standard InChI is InChI=1S/C17H21ClN6O2/c1-19-15-6-7-21-16(22-15)24(18)17(25)23-9-8-20-11-14(23)12-4-3-5-13(10-12)26-2/h3-7,10,14,20H,8-9,11H2,1-2H3,(H,19,21,22). The lowest BCUT2D eigenvalue weighted by Gasteiger charge is -2.37. The molecular formula is C17H21ClN6O2. The van der Waals surface area contributed by atoms with E-state index in [4.69, 9.17) is 16.5 Å². The summed E-state index contributed by atoms with van der Waals surface area (Å²) in [5, 5.41) is 6.22. The Kier molecular flexibility index (Phi) is 5.75. The van der Waals surface area contributed by atoms with Crippen LogP contribution in [0.5, 0.6) is 5.75 Å². The van der Waals surface area contributed by atoms with Crippen molar-refractivity contribution in [1.82, 2.24) is 20.2 Å². The number of hydrogen-bond donors (Lipinski definition) is 2.